The highest BCUT2D eigenvalue weighted by Gasteiger charge is 2.33. The molecule has 2 amide bonds. The summed E-state index contributed by atoms with van der Waals surface area (Å²) in [6.07, 6.45) is 4.28. The number of carbonyl (C=O) groups excluding carboxylic acids is 2. The Bertz CT molecular complexity index is 755. The Morgan fingerprint density at radius 3 is 2.52 bits per heavy atom. The van der Waals surface area contributed by atoms with Gasteiger partial charge in [-0.05, 0) is 36.8 Å². The highest BCUT2D eigenvalue weighted by molar-refractivity contribution is 7.09. The number of nitrogens with zero attached hydrogens (tertiary/aromatic N) is 1. The van der Waals surface area contributed by atoms with Gasteiger partial charge in [-0.25, -0.2) is 0 Å². The standard InChI is InChI=1S/C21H25ClN2O2S/c1-15-8-10-16(11-9-15)20(21(26)23-17-5-2-3-6-17)24(19(25)13-22)14-18-7-4-12-27-18/h4,7-12,17,20H,2-3,5-6,13-14H2,1H3,(H,23,26)/t20-/m0/s1. The molecule has 1 heterocycles. The number of carbonyl (C=O) groups is 2. The summed E-state index contributed by atoms with van der Waals surface area (Å²) in [6.45, 7) is 2.38. The Labute approximate surface area is 169 Å². The van der Waals surface area contributed by atoms with Gasteiger partial charge in [-0.1, -0.05) is 48.7 Å². The minimum Gasteiger partial charge on any atom is -0.351 e. The summed E-state index contributed by atoms with van der Waals surface area (Å²) in [6, 6.07) is 11.2. The van der Waals surface area contributed by atoms with Crippen molar-refractivity contribution >= 4 is 34.8 Å². The zero-order valence-electron chi connectivity index (χ0n) is 15.5. The topological polar surface area (TPSA) is 49.4 Å². The van der Waals surface area contributed by atoms with Crippen molar-refractivity contribution in [1.82, 2.24) is 10.2 Å². The van der Waals surface area contributed by atoms with Gasteiger partial charge < -0.3 is 10.2 Å². The van der Waals surface area contributed by atoms with E-state index in [9.17, 15) is 9.59 Å². The van der Waals surface area contributed by atoms with Gasteiger partial charge >= 0.3 is 0 Å². The van der Waals surface area contributed by atoms with E-state index < -0.39 is 6.04 Å². The lowest BCUT2D eigenvalue weighted by molar-refractivity contribution is -0.140. The van der Waals surface area contributed by atoms with E-state index in [4.69, 9.17) is 11.6 Å². The zero-order chi connectivity index (χ0) is 19.2. The summed E-state index contributed by atoms with van der Waals surface area (Å²) < 4.78 is 0. The quantitative estimate of drug-likeness (QED) is 0.694. The molecule has 144 valence electrons. The van der Waals surface area contributed by atoms with Crippen LogP contribution in [0.15, 0.2) is 41.8 Å². The van der Waals surface area contributed by atoms with E-state index in [2.05, 4.69) is 5.32 Å². The van der Waals surface area contributed by atoms with Crippen molar-refractivity contribution < 1.29 is 9.59 Å². The summed E-state index contributed by atoms with van der Waals surface area (Å²) in [5.41, 5.74) is 1.92. The molecule has 1 aliphatic rings. The van der Waals surface area contributed by atoms with E-state index >= 15 is 0 Å². The van der Waals surface area contributed by atoms with Gasteiger partial charge in [0.25, 0.3) is 0 Å². The van der Waals surface area contributed by atoms with Crippen molar-refractivity contribution in [2.45, 2.75) is 51.2 Å². The number of aryl methyl sites for hydroxylation is 1. The average Bonchev–Trinajstić information content (AvgIpc) is 3.36. The van der Waals surface area contributed by atoms with Crippen LogP contribution in [0.2, 0.25) is 0 Å². The largest absolute Gasteiger partial charge is 0.351 e. The lowest BCUT2D eigenvalue weighted by atomic mass is 10.0. The number of amides is 2. The SMILES string of the molecule is Cc1ccc([C@@H](C(=O)NC2CCCC2)N(Cc2cccs2)C(=O)CCl)cc1. The van der Waals surface area contributed by atoms with Gasteiger partial charge in [-0.2, -0.15) is 0 Å². The average molecular weight is 405 g/mol. The molecule has 2 aromatic rings. The molecule has 1 aromatic carbocycles. The van der Waals surface area contributed by atoms with Crippen molar-refractivity contribution in [3.8, 4) is 0 Å². The minimum atomic E-state index is -0.681. The smallest absolute Gasteiger partial charge is 0.247 e. The van der Waals surface area contributed by atoms with Gasteiger partial charge in [-0.15, -0.1) is 22.9 Å². The number of hydrogen-bond acceptors (Lipinski definition) is 3. The third kappa shape index (κ3) is 5.11. The number of rotatable bonds is 7. The molecule has 3 rings (SSSR count). The Hall–Kier alpha value is -1.85. The summed E-state index contributed by atoms with van der Waals surface area (Å²) in [4.78, 5) is 28.5. The Kier molecular flexibility index (Phi) is 6.91. The van der Waals surface area contributed by atoms with Crippen molar-refractivity contribution in [3.63, 3.8) is 0 Å². The second kappa shape index (κ2) is 9.38. The predicted octanol–water partition coefficient (Wildman–Crippen LogP) is 4.42. The summed E-state index contributed by atoms with van der Waals surface area (Å²) >= 11 is 7.47. The number of halogens is 1. The summed E-state index contributed by atoms with van der Waals surface area (Å²) in [5.74, 6) is -0.511. The highest BCUT2D eigenvalue weighted by Crippen LogP contribution is 2.27. The normalized spacial score (nSPS) is 15.5. The Morgan fingerprint density at radius 1 is 1.22 bits per heavy atom. The lowest BCUT2D eigenvalue weighted by Crippen LogP contribution is -2.46. The van der Waals surface area contributed by atoms with Crippen LogP contribution in [0.5, 0.6) is 0 Å². The molecule has 1 aliphatic carbocycles. The van der Waals surface area contributed by atoms with Crippen LogP contribution in [0, 0.1) is 6.92 Å². The first kappa shape index (κ1) is 19.9. The predicted molar refractivity (Wildman–Crippen MR) is 110 cm³/mol. The summed E-state index contributed by atoms with van der Waals surface area (Å²) in [5, 5.41) is 5.13. The fourth-order valence-corrected chi connectivity index (χ4v) is 4.40. The zero-order valence-corrected chi connectivity index (χ0v) is 17.1. The number of alkyl halides is 1. The molecule has 1 saturated carbocycles. The molecular weight excluding hydrogens is 380 g/mol. The third-order valence-electron chi connectivity index (χ3n) is 5.00. The van der Waals surface area contributed by atoms with E-state index in [-0.39, 0.29) is 23.7 Å². The van der Waals surface area contributed by atoms with Crippen molar-refractivity contribution in [1.29, 1.82) is 0 Å². The molecule has 1 fully saturated rings. The maximum Gasteiger partial charge on any atom is 0.247 e. The number of nitrogens with one attached hydrogen (secondary N) is 1. The molecule has 0 radical (unpaired) electrons. The van der Waals surface area contributed by atoms with Gasteiger partial charge in [0, 0.05) is 10.9 Å². The first-order valence-electron chi connectivity index (χ1n) is 9.33. The molecule has 1 aromatic heterocycles. The molecule has 4 nitrogen and oxygen atoms in total. The van der Waals surface area contributed by atoms with E-state index in [1.54, 1.807) is 16.2 Å². The van der Waals surface area contributed by atoms with Gasteiger partial charge in [0.15, 0.2) is 0 Å². The molecule has 0 unspecified atom stereocenters. The van der Waals surface area contributed by atoms with Crippen molar-refractivity contribution in [2.24, 2.45) is 0 Å². The van der Waals surface area contributed by atoms with Crippen LogP contribution in [0.25, 0.3) is 0 Å². The van der Waals surface area contributed by atoms with Crippen LogP contribution in [0.3, 0.4) is 0 Å². The van der Waals surface area contributed by atoms with Gasteiger partial charge in [0.2, 0.25) is 11.8 Å². The molecule has 0 bridgehead atoms. The van der Waals surface area contributed by atoms with Crippen molar-refractivity contribution in [3.05, 3.63) is 57.8 Å². The van der Waals surface area contributed by atoms with E-state index in [0.29, 0.717) is 6.54 Å². The van der Waals surface area contributed by atoms with E-state index in [1.807, 2.05) is 48.7 Å². The van der Waals surface area contributed by atoms with Gasteiger partial charge in [0.05, 0.1) is 6.54 Å². The van der Waals surface area contributed by atoms with Crippen molar-refractivity contribution in [2.75, 3.05) is 5.88 Å². The molecule has 0 spiro atoms. The monoisotopic (exact) mass is 404 g/mol. The second-order valence-electron chi connectivity index (χ2n) is 7.04. The molecule has 6 heteroatoms. The Morgan fingerprint density at radius 2 is 1.93 bits per heavy atom. The first-order valence-corrected chi connectivity index (χ1v) is 10.7. The molecule has 27 heavy (non-hydrogen) atoms. The fraction of sp³-hybridized carbons (Fsp3) is 0.429. The van der Waals surface area contributed by atoms with Crippen LogP contribution < -0.4 is 5.32 Å². The third-order valence-corrected chi connectivity index (χ3v) is 6.09. The number of thiophene rings is 1. The van der Waals surface area contributed by atoms with Gasteiger partial charge in [-0.3, -0.25) is 9.59 Å². The van der Waals surface area contributed by atoms with E-state index in [0.717, 1.165) is 41.7 Å². The minimum absolute atomic E-state index is 0.124. The molecule has 1 atom stereocenters. The molecule has 0 saturated heterocycles. The molecule has 1 N–H and O–H groups in total. The first-order chi connectivity index (χ1) is 13.1. The number of hydrogen-bond donors (Lipinski definition) is 1. The second-order valence-corrected chi connectivity index (χ2v) is 8.34. The highest BCUT2D eigenvalue weighted by atomic mass is 35.5. The molecular formula is C21H25ClN2O2S. The summed E-state index contributed by atoms with van der Waals surface area (Å²) in [7, 11) is 0. The lowest BCUT2D eigenvalue weighted by Gasteiger charge is -2.31. The van der Waals surface area contributed by atoms with Crippen LogP contribution >= 0.6 is 22.9 Å². The fourth-order valence-electron chi connectivity index (χ4n) is 3.54. The maximum atomic E-state index is 13.2. The van der Waals surface area contributed by atoms with Crippen LogP contribution in [0.4, 0.5) is 0 Å². The maximum absolute atomic E-state index is 13.2. The van der Waals surface area contributed by atoms with Crippen LogP contribution in [-0.4, -0.2) is 28.6 Å². The number of benzene rings is 1. The van der Waals surface area contributed by atoms with Crippen LogP contribution in [0.1, 0.15) is 47.7 Å². The van der Waals surface area contributed by atoms with Gasteiger partial charge in [0.1, 0.15) is 11.9 Å². The molecule has 0 aliphatic heterocycles. The Balaban J connectivity index is 1.92. The van der Waals surface area contributed by atoms with Crippen LogP contribution in [-0.2, 0) is 16.1 Å². The van der Waals surface area contributed by atoms with E-state index in [1.165, 1.54) is 0 Å².